The van der Waals surface area contributed by atoms with Crippen molar-refractivity contribution in [3.8, 4) is 11.8 Å². The molecule has 4 aliphatic rings. The van der Waals surface area contributed by atoms with Crippen LogP contribution in [-0.4, -0.2) is 103 Å². The maximum Gasteiger partial charge on any atom is 0.272 e. The first kappa shape index (κ1) is 38.0. The molecule has 4 fully saturated rings. The second kappa shape index (κ2) is 17.5. The number of carbonyl (C=O) groups is 4. The molecule has 7 rings (SSSR count). The molecule has 15 heteroatoms. The number of piperazine rings is 1. The molecule has 3 N–H and O–H groups in total. The molecule has 288 valence electrons. The number of nitrogens with one attached hydrogen (secondary N) is 3. The molecule has 14 nitrogen and oxygen atoms in total. The lowest BCUT2D eigenvalue weighted by Crippen LogP contribution is -2.52. The Labute approximate surface area is 325 Å². The molecule has 1 unspecified atom stereocenters. The van der Waals surface area contributed by atoms with Crippen molar-refractivity contribution in [2.24, 2.45) is 5.92 Å². The van der Waals surface area contributed by atoms with Crippen LogP contribution >= 0.6 is 11.6 Å². The Bertz CT molecular complexity index is 1910. The number of rotatable bonds is 10. The van der Waals surface area contributed by atoms with E-state index in [0.29, 0.717) is 39.9 Å². The Morgan fingerprint density at radius 3 is 2.33 bits per heavy atom. The minimum Gasteiger partial charge on any atom is -0.490 e. The van der Waals surface area contributed by atoms with E-state index in [1.165, 1.54) is 0 Å². The van der Waals surface area contributed by atoms with Gasteiger partial charge in [-0.25, -0.2) is 0 Å². The monoisotopic (exact) mass is 767 g/mol. The van der Waals surface area contributed by atoms with Gasteiger partial charge in [-0.1, -0.05) is 17.7 Å². The van der Waals surface area contributed by atoms with Gasteiger partial charge >= 0.3 is 0 Å². The summed E-state index contributed by atoms with van der Waals surface area (Å²) in [6.45, 7) is 6.40. The quantitative estimate of drug-likeness (QED) is 0.257. The zero-order valence-electron chi connectivity index (χ0n) is 30.7. The molecule has 2 aromatic carbocycles. The van der Waals surface area contributed by atoms with Crippen molar-refractivity contribution >= 4 is 46.7 Å². The fourth-order valence-electron chi connectivity index (χ4n) is 7.87. The molecule has 1 saturated carbocycles. The largest absolute Gasteiger partial charge is 0.490 e. The van der Waals surface area contributed by atoms with E-state index in [2.05, 4.69) is 46.9 Å². The number of hydrogen-bond donors (Lipinski definition) is 3. The van der Waals surface area contributed by atoms with Crippen LogP contribution in [0.5, 0.6) is 5.75 Å². The predicted molar refractivity (Wildman–Crippen MR) is 206 cm³/mol. The molecule has 1 aliphatic carbocycles. The highest BCUT2D eigenvalue weighted by Gasteiger charge is 2.30. The van der Waals surface area contributed by atoms with Crippen molar-refractivity contribution in [3.05, 3.63) is 76.4 Å². The van der Waals surface area contributed by atoms with Crippen LogP contribution in [0.4, 0.5) is 11.5 Å². The summed E-state index contributed by atoms with van der Waals surface area (Å²) in [5.41, 5.74) is 2.20. The minimum absolute atomic E-state index is 0.0265. The summed E-state index contributed by atoms with van der Waals surface area (Å²) < 4.78 is 6.08. The molecule has 3 aromatic rings. The Morgan fingerprint density at radius 1 is 0.855 bits per heavy atom. The van der Waals surface area contributed by atoms with Gasteiger partial charge in [0.1, 0.15) is 17.9 Å². The number of nitrogens with zero attached hydrogens (tertiary/aromatic N) is 6. The lowest BCUT2D eigenvalue weighted by molar-refractivity contribution is -0.134. The number of piperidine rings is 2. The predicted octanol–water partition coefficient (Wildman–Crippen LogP) is 3.70. The third-order valence-corrected chi connectivity index (χ3v) is 11.4. The van der Waals surface area contributed by atoms with Crippen LogP contribution in [0.15, 0.2) is 54.6 Å². The topological polar surface area (TPSA) is 173 Å². The maximum atomic E-state index is 13.0. The van der Waals surface area contributed by atoms with Gasteiger partial charge in [0.05, 0.1) is 16.7 Å². The van der Waals surface area contributed by atoms with Gasteiger partial charge in [-0.05, 0) is 93.3 Å². The van der Waals surface area contributed by atoms with Gasteiger partial charge in [-0.15, -0.1) is 10.2 Å². The number of benzene rings is 2. The van der Waals surface area contributed by atoms with Gasteiger partial charge in [0, 0.05) is 75.6 Å². The molecular formula is C40H46ClN9O5. The van der Waals surface area contributed by atoms with Crippen LogP contribution in [0, 0.1) is 17.2 Å². The smallest absolute Gasteiger partial charge is 0.272 e. The highest BCUT2D eigenvalue weighted by Crippen LogP contribution is 2.28. The summed E-state index contributed by atoms with van der Waals surface area (Å²) in [6, 6.07) is 17.6. The molecule has 1 atom stereocenters. The Hall–Kier alpha value is -5.26. The van der Waals surface area contributed by atoms with Gasteiger partial charge in [-0.3, -0.25) is 29.4 Å². The molecule has 1 aromatic heterocycles. The van der Waals surface area contributed by atoms with Gasteiger partial charge in [-0.2, -0.15) is 5.26 Å². The fourth-order valence-corrected chi connectivity index (χ4v) is 8.08. The SMILES string of the molecule is N#Cc1ccc(O[C@H]2CC[C@H](NC(=O)c3ccc(N4CCC(CN5CCN(c6cccc(C(=O)NC7CCC(=O)NC7=O)c6)CC5)CC4)nn3)CC2)cc1Cl. The van der Waals surface area contributed by atoms with E-state index in [0.717, 1.165) is 95.8 Å². The van der Waals surface area contributed by atoms with E-state index in [9.17, 15) is 19.2 Å². The molecule has 55 heavy (non-hydrogen) atoms. The summed E-state index contributed by atoms with van der Waals surface area (Å²) in [5, 5.41) is 26.3. The van der Waals surface area contributed by atoms with Crippen LogP contribution in [0.2, 0.25) is 5.02 Å². The van der Waals surface area contributed by atoms with Crippen molar-refractivity contribution in [2.45, 2.75) is 69.6 Å². The van der Waals surface area contributed by atoms with Gasteiger partial charge < -0.3 is 25.2 Å². The van der Waals surface area contributed by atoms with Crippen molar-refractivity contribution in [2.75, 3.05) is 55.6 Å². The number of carbonyl (C=O) groups excluding carboxylic acids is 4. The summed E-state index contributed by atoms with van der Waals surface area (Å²) in [4.78, 5) is 56.5. The Morgan fingerprint density at radius 2 is 1.64 bits per heavy atom. The summed E-state index contributed by atoms with van der Waals surface area (Å²) in [7, 11) is 0. The number of nitriles is 1. The molecule has 0 spiro atoms. The van der Waals surface area contributed by atoms with Crippen molar-refractivity contribution in [1.82, 2.24) is 31.0 Å². The van der Waals surface area contributed by atoms with Crippen LogP contribution < -0.4 is 30.5 Å². The number of aromatic nitrogens is 2. The third kappa shape index (κ3) is 9.71. The first-order valence-corrected chi connectivity index (χ1v) is 19.6. The first-order valence-electron chi connectivity index (χ1n) is 19.2. The van der Waals surface area contributed by atoms with E-state index in [1.807, 2.05) is 24.3 Å². The Kier molecular flexibility index (Phi) is 12.1. The normalized spacial score (nSPS) is 22.4. The summed E-state index contributed by atoms with van der Waals surface area (Å²) in [6.07, 6.45) is 5.83. The van der Waals surface area contributed by atoms with Gasteiger partial charge in [0.2, 0.25) is 11.8 Å². The van der Waals surface area contributed by atoms with E-state index < -0.39 is 11.9 Å². The number of hydrogen-bond acceptors (Lipinski definition) is 11. The van der Waals surface area contributed by atoms with Gasteiger partial charge in [0.25, 0.3) is 11.8 Å². The number of ether oxygens (including phenoxy) is 1. The zero-order valence-corrected chi connectivity index (χ0v) is 31.5. The average molecular weight is 768 g/mol. The van der Waals surface area contributed by atoms with E-state index in [-0.39, 0.29) is 36.3 Å². The van der Waals surface area contributed by atoms with Crippen LogP contribution in [0.25, 0.3) is 0 Å². The minimum atomic E-state index is -0.704. The average Bonchev–Trinajstić information content (AvgIpc) is 3.20. The highest BCUT2D eigenvalue weighted by molar-refractivity contribution is 6.31. The van der Waals surface area contributed by atoms with Crippen LogP contribution in [0.3, 0.4) is 0 Å². The van der Waals surface area contributed by atoms with Crippen molar-refractivity contribution < 1.29 is 23.9 Å². The lowest BCUT2D eigenvalue weighted by atomic mass is 9.93. The van der Waals surface area contributed by atoms with E-state index in [1.54, 1.807) is 30.3 Å². The van der Waals surface area contributed by atoms with E-state index >= 15 is 0 Å². The van der Waals surface area contributed by atoms with Crippen LogP contribution in [0.1, 0.15) is 77.8 Å². The Balaban J connectivity index is 0.802. The number of imide groups is 1. The molecule has 0 bridgehead atoms. The second-order valence-corrected chi connectivity index (χ2v) is 15.2. The second-order valence-electron chi connectivity index (χ2n) is 14.8. The van der Waals surface area contributed by atoms with Crippen molar-refractivity contribution in [1.29, 1.82) is 5.26 Å². The molecule has 3 saturated heterocycles. The van der Waals surface area contributed by atoms with Gasteiger partial charge in [0.15, 0.2) is 11.5 Å². The molecule has 0 radical (unpaired) electrons. The van der Waals surface area contributed by atoms with E-state index in [4.69, 9.17) is 21.6 Å². The van der Waals surface area contributed by atoms with Crippen LogP contribution in [-0.2, 0) is 9.59 Å². The number of anilines is 2. The molecular weight excluding hydrogens is 722 g/mol. The first-order chi connectivity index (χ1) is 26.7. The maximum absolute atomic E-state index is 13.0. The molecule has 4 amide bonds. The molecule has 3 aliphatic heterocycles. The fraction of sp³-hybridized carbons (Fsp3) is 0.475. The summed E-state index contributed by atoms with van der Waals surface area (Å²) in [5.74, 6) is 0.711. The number of amides is 4. The zero-order chi connectivity index (χ0) is 38.3. The molecule has 4 heterocycles. The third-order valence-electron chi connectivity index (χ3n) is 11.1. The lowest BCUT2D eigenvalue weighted by Gasteiger charge is -2.39. The van der Waals surface area contributed by atoms with Crippen molar-refractivity contribution in [3.63, 3.8) is 0 Å². The summed E-state index contributed by atoms with van der Waals surface area (Å²) >= 11 is 6.14. The number of halogens is 1. The highest BCUT2D eigenvalue weighted by atomic mass is 35.5. The standard InChI is InChI=1S/C40H46ClN9O5/c41-33-23-32(7-4-28(33)24-42)55-31-8-5-29(6-9-31)43-40(54)35-10-12-36(47-46-35)50-16-14-26(15-17-50)25-48-18-20-49(21-19-48)30-3-1-2-27(22-30)38(52)44-34-11-13-37(51)45-39(34)53/h1-4,7,10,12,22-23,26,29,31,34H,5-6,8-9,11,13-21,25H2,(H,43,54)(H,44,52)(H,45,51,53)/t29-,31-,34?.